The molecule has 0 aromatic heterocycles. The molecule has 2 aromatic rings. The zero-order valence-corrected chi connectivity index (χ0v) is 16.9. The summed E-state index contributed by atoms with van der Waals surface area (Å²) in [6.45, 7) is 0.266. The monoisotopic (exact) mass is 437 g/mol. The minimum Gasteiger partial charge on any atom is -0.391 e. The van der Waals surface area contributed by atoms with Crippen molar-refractivity contribution in [1.82, 2.24) is 10.2 Å². The van der Waals surface area contributed by atoms with E-state index in [1.807, 2.05) is 0 Å². The van der Waals surface area contributed by atoms with Crippen LogP contribution < -0.4 is 10.5 Å². The van der Waals surface area contributed by atoms with Crippen LogP contribution in [0.25, 0.3) is 0 Å². The molecule has 4 N–H and O–H groups in total. The van der Waals surface area contributed by atoms with Crippen LogP contribution in [-0.2, 0) is 21.4 Å². The molecule has 10 heteroatoms. The second kappa shape index (κ2) is 8.50. The Hall–Kier alpha value is -2.46. The molecular weight excluding hydrogens is 418 g/mol. The number of aliphatic hydroxyl groups is 1. The number of nitrogens with one attached hydrogen (secondary N) is 1. The molecule has 0 aliphatic carbocycles. The van der Waals surface area contributed by atoms with Gasteiger partial charge in [0.1, 0.15) is 6.04 Å². The maximum Gasteiger partial charge on any atom is 0.254 e. The standard InChI is InChI=1S/C19H20ClN3O5S/c20-14-5-1-12(2-6-14)10-22-18(25)17-9-15(24)11-23(17)19(26)13-3-7-16(8-4-13)29(21,27)28/h1-8,15,17,24H,9-11H2,(H,22,25)(H2,21,27,28). The number of sulfonamides is 1. The van der Waals surface area contributed by atoms with Crippen molar-refractivity contribution < 1.29 is 23.1 Å². The van der Waals surface area contributed by atoms with Crippen LogP contribution in [0.4, 0.5) is 0 Å². The van der Waals surface area contributed by atoms with Gasteiger partial charge in [-0.25, -0.2) is 13.6 Å². The van der Waals surface area contributed by atoms with Crippen LogP contribution in [0.15, 0.2) is 53.4 Å². The maximum atomic E-state index is 12.8. The summed E-state index contributed by atoms with van der Waals surface area (Å²) < 4.78 is 22.7. The van der Waals surface area contributed by atoms with Crippen molar-refractivity contribution in [1.29, 1.82) is 0 Å². The van der Waals surface area contributed by atoms with E-state index in [1.165, 1.54) is 29.2 Å². The number of benzene rings is 2. The van der Waals surface area contributed by atoms with Gasteiger partial charge in [0, 0.05) is 30.1 Å². The Morgan fingerprint density at radius 1 is 1.14 bits per heavy atom. The summed E-state index contributed by atoms with van der Waals surface area (Å²) in [7, 11) is -3.87. The average Bonchev–Trinajstić information content (AvgIpc) is 3.08. The van der Waals surface area contributed by atoms with Crippen LogP contribution in [0.3, 0.4) is 0 Å². The first kappa shape index (κ1) is 21.3. The van der Waals surface area contributed by atoms with E-state index in [2.05, 4.69) is 5.32 Å². The number of carbonyl (C=O) groups is 2. The third-order valence-electron chi connectivity index (χ3n) is 4.65. The van der Waals surface area contributed by atoms with E-state index < -0.39 is 28.1 Å². The van der Waals surface area contributed by atoms with E-state index in [0.717, 1.165) is 5.56 Å². The van der Waals surface area contributed by atoms with E-state index in [1.54, 1.807) is 24.3 Å². The lowest BCUT2D eigenvalue weighted by atomic mass is 10.1. The van der Waals surface area contributed by atoms with Gasteiger partial charge in [0.05, 0.1) is 11.0 Å². The van der Waals surface area contributed by atoms with Crippen LogP contribution in [-0.4, -0.2) is 48.9 Å². The van der Waals surface area contributed by atoms with Gasteiger partial charge < -0.3 is 15.3 Å². The first-order valence-corrected chi connectivity index (χ1v) is 10.7. The number of β-amino-alcohol motifs (C(OH)–C–C–N with tert-alkyl or cyclic N) is 1. The number of carbonyl (C=O) groups excluding carboxylic acids is 2. The third-order valence-corrected chi connectivity index (χ3v) is 5.83. The van der Waals surface area contributed by atoms with Crippen molar-refractivity contribution in [2.24, 2.45) is 5.14 Å². The van der Waals surface area contributed by atoms with Gasteiger partial charge in [-0.3, -0.25) is 9.59 Å². The molecule has 8 nitrogen and oxygen atoms in total. The first-order chi connectivity index (χ1) is 13.6. The topological polar surface area (TPSA) is 130 Å². The fraction of sp³-hybridized carbons (Fsp3) is 0.263. The minimum atomic E-state index is -3.87. The first-order valence-electron chi connectivity index (χ1n) is 8.79. The highest BCUT2D eigenvalue weighted by atomic mass is 35.5. The molecule has 154 valence electrons. The van der Waals surface area contributed by atoms with Crippen LogP contribution in [0.2, 0.25) is 5.02 Å². The van der Waals surface area contributed by atoms with Crippen molar-refractivity contribution in [3.63, 3.8) is 0 Å². The van der Waals surface area contributed by atoms with Gasteiger partial charge in [0.15, 0.2) is 0 Å². The van der Waals surface area contributed by atoms with E-state index in [9.17, 15) is 23.1 Å². The zero-order chi connectivity index (χ0) is 21.2. The quantitative estimate of drug-likeness (QED) is 0.639. The van der Waals surface area contributed by atoms with Gasteiger partial charge >= 0.3 is 0 Å². The molecule has 2 unspecified atom stereocenters. The number of aliphatic hydroxyl groups excluding tert-OH is 1. The molecule has 1 fully saturated rings. The Morgan fingerprint density at radius 2 is 1.76 bits per heavy atom. The molecule has 1 saturated heterocycles. The lowest BCUT2D eigenvalue weighted by Crippen LogP contribution is -2.45. The smallest absolute Gasteiger partial charge is 0.254 e. The van der Waals surface area contributed by atoms with E-state index in [0.29, 0.717) is 5.02 Å². The van der Waals surface area contributed by atoms with Crippen molar-refractivity contribution in [2.75, 3.05) is 6.54 Å². The summed E-state index contributed by atoms with van der Waals surface area (Å²) in [5.74, 6) is -0.861. The highest BCUT2D eigenvalue weighted by molar-refractivity contribution is 7.89. The summed E-state index contributed by atoms with van der Waals surface area (Å²) in [6.07, 6.45) is -0.707. The molecule has 0 radical (unpaired) electrons. The predicted molar refractivity (Wildman–Crippen MR) is 107 cm³/mol. The number of nitrogens with two attached hydrogens (primary N) is 1. The lowest BCUT2D eigenvalue weighted by molar-refractivity contribution is -0.125. The summed E-state index contributed by atoms with van der Waals surface area (Å²) >= 11 is 5.84. The average molecular weight is 438 g/mol. The second-order valence-electron chi connectivity index (χ2n) is 6.78. The largest absolute Gasteiger partial charge is 0.391 e. The maximum absolute atomic E-state index is 12.8. The Morgan fingerprint density at radius 3 is 2.34 bits per heavy atom. The molecule has 1 heterocycles. The molecule has 3 rings (SSSR count). The Kier molecular flexibility index (Phi) is 6.23. The Labute approximate surface area is 173 Å². The van der Waals surface area contributed by atoms with Crippen molar-refractivity contribution >= 4 is 33.4 Å². The molecule has 2 atom stereocenters. The van der Waals surface area contributed by atoms with Gasteiger partial charge in [0.2, 0.25) is 15.9 Å². The second-order valence-corrected chi connectivity index (χ2v) is 8.77. The normalized spacial score (nSPS) is 19.2. The summed E-state index contributed by atoms with van der Waals surface area (Å²) in [6, 6.07) is 11.3. The highest BCUT2D eigenvalue weighted by Gasteiger charge is 2.39. The van der Waals surface area contributed by atoms with Gasteiger partial charge in [-0.1, -0.05) is 23.7 Å². The number of amides is 2. The number of hydrogen-bond donors (Lipinski definition) is 3. The van der Waals surface area contributed by atoms with Crippen molar-refractivity contribution in [3.05, 3.63) is 64.7 Å². The van der Waals surface area contributed by atoms with Crippen LogP contribution in [0.5, 0.6) is 0 Å². The molecule has 29 heavy (non-hydrogen) atoms. The number of primary sulfonamides is 1. The summed E-state index contributed by atoms with van der Waals surface area (Å²) in [5.41, 5.74) is 1.04. The number of nitrogens with zero attached hydrogens (tertiary/aromatic N) is 1. The zero-order valence-electron chi connectivity index (χ0n) is 15.3. The SMILES string of the molecule is NS(=O)(=O)c1ccc(C(=O)N2CC(O)CC2C(=O)NCc2ccc(Cl)cc2)cc1. The molecule has 1 aliphatic heterocycles. The van der Waals surface area contributed by atoms with Gasteiger partial charge in [-0.15, -0.1) is 0 Å². The highest BCUT2D eigenvalue weighted by Crippen LogP contribution is 2.22. The van der Waals surface area contributed by atoms with Gasteiger partial charge in [0.25, 0.3) is 5.91 Å². The summed E-state index contributed by atoms with van der Waals surface area (Å²) in [4.78, 5) is 26.6. The fourth-order valence-electron chi connectivity index (χ4n) is 3.15. The number of rotatable bonds is 5. The predicted octanol–water partition coefficient (Wildman–Crippen LogP) is 0.879. The number of halogens is 1. The van der Waals surface area contributed by atoms with Crippen molar-refractivity contribution in [2.45, 2.75) is 30.0 Å². The van der Waals surface area contributed by atoms with Gasteiger partial charge in [-0.2, -0.15) is 0 Å². The Balaban J connectivity index is 1.71. The van der Waals surface area contributed by atoms with E-state index >= 15 is 0 Å². The minimum absolute atomic E-state index is 0.00873. The number of likely N-dealkylation sites (tertiary alicyclic amines) is 1. The van der Waals surface area contributed by atoms with Gasteiger partial charge in [-0.05, 0) is 42.0 Å². The molecule has 2 aromatic carbocycles. The molecule has 2 amide bonds. The van der Waals surface area contributed by atoms with Crippen LogP contribution in [0, 0.1) is 0 Å². The molecule has 1 aliphatic rings. The molecule has 0 bridgehead atoms. The lowest BCUT2D eigenvalue weighted by Gasteiger charge is -2.24. The third kappa shape index (κ3) is 5.13. The van der Waals surface area contributed by atoms with Crippen molar-refractivity contribution in [3.8, 4) is 0 Å². The van der Waals surface area contributed by atoms with Crippen LogP contribution in [0.1, 0.15) is 22.3 Å². The molecule has 0 spiro atoms. The Bertz CT molecular complexity index is 1010. The van der Waals surface area contributed by atoms with E-state index in [-0.39, 0.29) is 35.9 Å². The molecular formula is C19H20ClN3O5S. The summed E-state index contributed by atoms with van der Waals surface area (Å²) in [5, 5.41) is 18.4. The fourth-order valence-corrected chi connectivity index (χ4v) is 3.79. The molecule has 0 saturated carbocycles. The van der Waals surface area contributed by atoms with E-state index in [4.69, 9.17) is 16.7 Å². The number of hydrogen-bond acceptors (Lipinski definition) is 5. The van der Waals surface area contributed by atoms with Crippen LogP contribution >= 0.6 is 11.6 Å².